The quantitative estimate of drug-likeness (QED) is 0.740. The van der Waals surface area contributed by atoms with Crippen LogP contribution in [0.3, 0.4) is 0 Å². The predicted octanol–water partition coefficient (Wildman–Crippen LogP) is 1.13. The highest BCUT2D eigenvalue weighted by Gasteiger charge is 2.22. The molecule has 14 heavy (non-hydrogen) atoms. The maximum Gasteiger partial charge on any atom is 0.221 e. The summed E-state index contributed by atoms with van der Waals surface area (Å²) in [6, 6.07) is 0.389. The van der Waals surface area contributed by atoms with Crippen molar-refractivity contribution in [3.05, 3.63) is 0 Å². The minimum absolute atomic E-state index is 0.154. The second-order valence-electron chi connectivity index (χ2n) is 3.87. The van der Waals surface area contributed by atoms with Gasteiger partial charge in [-0.15, -0.1) is 0 Å². The number of nitrogens with one attached hydrogen (secondary N) is 1. The van der Waals surface area contributed by atoms with Crippen LogP contribution < -0.4 is 11.1 Å². The number of rotatable bonds is 4. The van der Waals surface area contributed by atoms with Crippen LogP contribution in [0.5, 0.6) is 0 Å². The number of carbonyl (C=O) groups excluding carboxylic acids is 1. The molecule has 0 spiro atoms. The zero-order chi connectivity index (χ0) is 10.4. The van der Waals surface area contributed by atoms with Gasteiger partial charge in [0, 0.05) is 24.3 Å². The Balaban J connectivity index is 2.23. The van der Waals surface area contributed by atoms with Crippen LogP contribution in [0.4, 0.5) is 0 Å². The first kappa shape index (κ1) is 11.9. The largest absolute Gasteiger partial charge is 0.352 e. The summed E-state index contributed by atoms with van der Waals surface area (Å²) in [6.45, 7) is 0. The monoisotopic (exact) mass is 216 g/mol. The third-order valence-electron chi connectivity index (χ3n) is 2.70. The van der Waals surface area contributed by atoms with Crippen LogP contribution in [-0.4, -0.2) is 30.0 Å². The molecule has 82 valence electrons. The van der Waals surface area contributed by atoms with E-state index in [0.717, 1.165) is 18.6 Å². The number of thioether (sulfide) groups is 1. The molecule has 3 nitrogen and oxygen atoms in total. The van der Waals surface area contributed by atoms with Crippen molar-refractivity contribution in [3.63, 3.8) is 0 Å². The molecular weight excluding hydrogens is 196 g/mol. The normalized spacial score (nSPS) is 27.3. The Bertz CT molecular complexity index is 187. The maximum absolute atomic E-state index is 11.4. The van der Waals surface area contributed by atoms with Gasteiger partial charge in [0.25, 0.3) is 0 Å². The first-order valence-corrected chi connectivity index (χ1v) is 6.67. The van der Waals surface area contributed by atoms with E-state index in [2.05, 4.69) is 5.32 Å². The summed E-state index contributed by atoms with van der Waals surface area (Å²) < 4.78 is 0. The van der Waals surface area contributed by atoms with Crippen molar-refractivity contribution >= 4 is 17.7 Å². The molecule has 4 heteroatoms. The summed E-state index contributed by atoms with van der Waals surface area (Å²) in [5.41, 5.74) is 5.94. The highest BCUT2D eigenvalue weighted by Crippen LogP contribution is 2.16. The highest BCUT2D eigenvalue weighted by atomic mass is 32.2. The summed E-state index contributed by atoms with van der Waals surface area (Å²) >= 11 is 1.70. The minimum atomic E-state index is 0.154. The Morgan fingerprint density at radius 3 is 2.86 bits per heavy atom. The summed E-state index contributed by atoms with van der Waals surface area (Å²) in [5, 5.41) is 3.03. The molecule has 1 amide bonds. The molecular formula is C10H20N2OS. The molecule has 2 unspecified atom stereocenters. The van der Waals surface area contributed by atoms with Crippen molar-refractivity contribution < 1.29 is 4.79 Å². The zero-order valence-corrected chi connectivity index (χ0v) is 9.61. The fourth-order valence-corrected chi connectivity index (χ4v) is 2.20. The molecule has 1 saturated carbocycles. The summed E-state index contributed by atoms with van der Waals surface area (Å²) in [6.07, 6.45) is 7.13. The SMILES string of the molecule is CSCCC(=O)NC1CCCCC1N. The van der Waals surface area contributed by atoms with Gasteiger partial charge in [0.15, 0.2) is 0 Å². The van der Waals surface area contributed by atoms with Crippen LogP contribution >= 0.6 is 11.8 Å². The number of hydrogen-bond donors (Lipinski definition) is 2. The molecule has 1 rings (SSSR count). The van der Waals surface area contributed by atoms with Crippen molar-refractivity contribution in [3.8, 4) is 0 Å². The number of carbonyl (C=O) groups is 1. The summed E-state index contributed by atoms with van der Waals surface area (Å²) in [5.74, 6) is 1.05. The van der Waals surface area contributed by atoms with E-state index >= 15 is 0 Å². The van der Waals surface area contributed by atoms with Crippen molar-refractivity contribution in [1.29, 1.82) is 0 Å². The molecule has 0 heterocycles. The molecule has 0 aromatic rings. The summed E-state index contributed by atoms with van der Waals surface area (Å²) in [4.78, 5) is 11.4. The molecule has 0 aromatic heterocycles. The summed E-state index contributed by atoms with van der Waals surface area (Å²) in [7, 11) is 0. The molecule has 1 aliphatic rings. The van der Waals surface area contributed by atoms with Crippen LogP contribution in [0, 0.1) is 0 Å². The smallest absolute Gasteiger partial charge is 0.221 e. The Morgan fingerprint density at radius 1 is 1.50 bits per heavy atom. The second-order valence-corrected chi connectivity index (χ2v) is 4.85. The molecule has 0 aliphatic heterocycles. The zero-order valence-electron chi connectivity index (χ0n) is 8.79. The standard InChI is InChI=1S/C10H20N2OS/c1-14-7-6-10(13)12-9-5-3-2-4-8(9)11/h8-9H,2-7,11H2,1H3,(H,12,13). The average molecular weight is 216 g/mol. The van der Waals surface area contributed by atoms with E-state index in [-0.39, 0.29) is 18.0 Å². The van der Waals surface area contributed by atoms with Gasteiger partial charge in [0.05, 0.1) is 0 Å². The van der Waals surface area contributed by atoms with E-state index in [1.54, 1.807) is 11.8 Å². The lowest BCUT2D eigenvalue weighted by molar-refractivity contribution is -0.121. The molecule has 1 fully saturated rings. The fraction of sp³-hybridized carbons (Fsp3) is 0.900. The topological polar surface area (TPSA) is 55.1 Å². The third-order valence-corrected chi connectivity index (χ3v) is 3.31. The Kier molecular flexibility index (Phi) is 5.33. The van der Waals surface area contributed by atoms with Gasteiger partial charge in [-0.05, 0) is 19.1 Å². The van der Waals surface area contributed by atoms with Crippen LogP contribution in [0.1, 0.15) is 32.1 Å². The van der Waals surface area contributed by atoms with E-state index in [9.17, 15) is 4.79 Å². The van der Waals surface area contributed by atoms with E-state index in [4.69, 9.17) is 5.73 Å². The van der Waals surface area contributed by atoms with E-state index < -0.39 is 0 Å². The van der Waals surface area contributed by atoms with E-state index in [1.807, 2.05) is 6.26 Å². The lowest BCUT2D eigenvalue weighted by atomic mass is 9.91. The lowest BCUT2D eigenvalue weighted by Crippen LogP contribution is -2.49. The van der Waals surface area contributed by atoms with Crippen LogP contribution in [0.15, 0.2) is 0 Å². The van der Waals surface area contributed by atoms with Crippen molar-refractivity contribution in [2.45, 2.75) is 44.2 Å². The molecule has 3 N–H and O–H groups in total. The number of amides is 1. The van der Waals surface area contributed by atoms with Crippen molar-refractivity contribution in [1.82, 2.24) is 5.32 Å². The second kappa shape index (κ2) is 6.30. The van der Waals surface area contributed by atoms with Gasteiger partial charge >= 0.3 is 0 Å². The molecule has 1 aliphatic carbocycles. The van der Waals surface area contributed by atoms with E-state index in [1.165, 1.54) is 12.8 Å². The molecule has 0 bridgehead atoms. The average Bonchev–Trinajstić information content (AvgIpc) is 2.18. The Morgan fingerprint density at radius 2 is 2.21 bits per heavy atom. The van der Waals surface area contributed by atoms with Crippen molar-refractivity contribution in [2.75, 3.05) is 12.0 Å². The maximum atomic E-state index is 11.4. The fourth-order valence-electron chi connectivity index (χ4n) is 1.81. The van der Waals surface area contributed by atoms with Gasteiger partial charge < -0.3 is 11.1 Å². The number of nitrogens with two attached hydrogens (primary N) is 1. The first-order chi connectivity index (χ1) is 6.74. The highest BCUT2D eigenvalue weighted by molar-refractivity contribution is 7.98. The van der Waals surface area contributed by atoms with E-state index in [0.29, 0.717) is 6.42 Å². The Labute approximate surface area is 90.2 Å². The number of hydrogen-bond acceptors (Lipinski definition) is 3. The molecule has 2 atom stereocenters. The van der Waals surface area contributed by atoms with Gasteiger partial charge in [-0.1, -0.05) is 12.8 Å². The van der Waals surface area contributed by atoms with Gasteiger partial charge in [-0.25, -0.2) is 0 Å². The van der Waals surface area contributed by atoms with Crippen molar-refractivity contribution in [2.24, 2.45) is 5.73 Å². The third kappa shape index (κ3) is 3.88. The lowest BCUT2D eigenvalue weighted by Gasteiger charge is -2.29. The van der Waals surface area contributed by atoms with Crippen LogP contribution in [-0.2, 0) is 4.79 Å². The van der Waals surface area contributed by atoms with Gasteiger partial charge in [0.1, 0.15) is 0 Å². The molecule has 0 radical (unpaired) electrons. The van der Waals surface area contributed by atoms with Crippen LogP contribution in [0.2, 0.25) is 0 Å². The van der Waals surface area contributed by atoms with Gasteiger partial charge in [-0.3, -0.25) is 4.79 Å². The first-order valence-electron chi connectivity index (χ1n) is 5.28. The molecule has 0 aromatic carbocycles. The predicted molar refractivity (Wildman–Crippen MR) is 61.4 cm³/mol. The van der Waals surface area contributed by atoms with Crippen LogP contribution in [0.25, 0.3) is 0 Å². The van der Waals surface area contributed by atoms with Gasteiger partial charge in [-0.2, -0.15) is 11.8 Å². The molecule has 0 saturated heterocycles. The Hall–Kier alpha value is -0.220. The minimum Gasteiger partial charge on any atom is -0.352 e. The van der Waals surface area contributed by atoms with Gasteiger partial charge in [0.2, 0.25) is 5.91 Å².